The number of benzene rings is 1. The molecule has 0 atom stereocenters. The molecule has 132 valence electrons. The van der Waals surface area contributed by atoms with Crippen LogP contribution < -0.4 is 10.6 Å². The molecule has 2 amide bonds. The topological polar surface area (TPSA) is 93.7 Å². The Morgan fingerprint density at radius 3 is 2.46 bits per heavy atom. The standard InChI is InChI=1S/C16H21IN2O5/c1-16(2,3)24-15(22)18-9-8-14(21)23-10-13(20)19-12-7-5-4-6-11(12)17/h4-7H,8-10H2,1-3H3,(H,18,22)(H,19,20). The molecule has 1 aromatic carbocycles. The number of alkyl carbamates (subject to hydrolysis) is 1. The van der Waals surface area contributed by atoms with Crippen LogP contribution in [0.2, 0.25) is 0 Å². The van der Waals surface area contributed by atoms with Crippen LogP contribution in [0, 0.1) is 3.57 Å². The molecule has 0 spiro atoms. The first kappa shape index (κ1) is 20.2. The molecule has 0 saturated heterocycles. The Morgan fingerprint density at radius 1 is 1.17 bits per heavy atom. The molecule has 0 aliphatic carbocycles. The van der Waals surface area contributed by atoms with E-state index in [-0.39, 0.29) is 19.6 Å². The fraction of sp³-hybridized carbons (Fsp3) is 0.438. The van der Waals surface area contributed by atoms with Crippen LogP contribution in [0.25, 0.3) is 0 Å². The summed E-state index contributed by atoms with van der Waals surface area (Å²) in [5.74, 6) is -1.00. The summed E-state index contributed by atoms with van der Waals surface area (Å²) in [6.07, 6.45) is -0.651. The van der Waals surface area contributed by atoms with Gasteiger partial charge >= 0.3 is 12.1 Å². The molecular formula is C16H21IN2O5. The fourth-order valence-electron chi connectivity index (χ4n) is 1.55. The highest BCUT2D eigenvalue weighted by Crippen LogP contribution is 2.16. The number of esters is 1. The Morgan fingerprint density at radius 2 is 1.83 bits per heavy atom. The Labute approximate surface area is 154 Å². The second-order valence-electron chi connectivity index (χ2n) is 5.87. The number of hydrogen-bond acceptors (Lipinski definition) is 5. The predicted molar refractivity (Wildman–Crippen MR) is 97.6 cm³/mol. The molecule has 0 aliphatic rings. The molecule has 0 aromatic heterocycles. The van der Waals surface area contributed by atoms with Gasteiger partial charge in [0.1, 0.15) is 5.60 Å². The molecule has 7 nitrogen and oxygen atoms in total. The largest absolute Gasteiger partial charge is 0.456 e. The molecule has 2 N–H and O–H groups in total. The summed E-state index contributed by atoms with van der Waals surface area (Å²) in [5.41, 5.74) is 0.0585. The van der Waals surface area contributed by atoms with Crippen molar-refractivity contribution in [3.63, 3.8) is 0 Å². The Hall–Kier alpha value is -1.84. The first-order valence-corrected chi connectivity index (χ1v) is 8.42. The van der Waals surface area contributed by atoms with Crippen molar-refractivity contribution in [1.82, 2.24) is 5.32 Å². The van der Waals surface area contributed by atoms with Gasteiger partial charge in [-0.05, 0) is 55.5 Å². The SMILES string of the molecule is CC(C)(C)OC(=O)NCCC(=O)OCC(=O)Nc1ccccc1I. The van der Waals surface area contributed by atoms with Crippen molar-refractivity contribution < 1.29 is 23.9 Å². The third kappa shape index (κ3) is 8.70. The van der Waals surface area contributed by atoms with Gasteiger partial charge in [0, 0.05) is 10.1 Å². The van der Waals surface area contributed by atoms with Crippen LogP contribution in [0.15, 0.2) is 24.3 Å². The summed E-state index contributed by atoms with van der Waals surface area (Å²) in [6.45, 7) is 4.93. The van der Waals surface area contributed by atoms with Gasteiger partial charge in [-0.3, -0.25) is 9.59 Å². The molecule has 1 aromatic rings. The zero-order chi connectivity index (χ0) is 18.2. The van der Waals surface area contributed by atoms with E-state index in [1.165, 1.54) is 0 Å². The van der Waals surface area contributed by atoms with Crippen molar-refractivity contribution in [2.75, 3.05) is 18.5 Å². The molecule has 0 heterocycles. The fourth-order valence-corrected chi connectivity index (χ4v) is 2.07. The van der Waals surface area contributed by atoms with Gasteiger partial charge in [-0.15, -0.1) is 0 Å². The van der Waals surface area contributed by atoms with E-state index in [4.69, 9.17) is 9.47 Å². The van der Waals surface area contributed by atoms with Crippen molar-refractivity contribution in [1.29, 1.82) is 0 Å². The maximum atomic E-state index is 11.7. The lowest BCUT2D eigenvalue weighted by atomic mass is 10.2. The summed E-state index contributed by atoms with van der Waals surface area (Å²) in [6, 6.07) is 7.26. The number of rotatable bonds is 6. The van der Waals surface area contributed by atoms with Crippen LogP contribution in [0.4, 0.5) is 10.5 Å². The monoisotopic (exact) mass is 448 g/mol. The van der Waals surface area contributed by atoms with Crippen LogP contribution >= 0.6 is 22.6 Å². The van der Waals surface area contributed by atoms with Gasteiger partial charge in [0.2, 0.25) is 0 Å². The number of hydrogen-bond donors (Lipinski definition) is 2. The maximum Gasteiger partial charge on any atom is 0.407 e. The molecule has 8 heteroatoms. The van der Waals surface area contributed by atoms with Crippen LogP contribution in [-0.2, 0) is 19.1 Å². The number of anilines is 1. The highest BCUT2D eigenvalue weighted by Gasteiger charge is 2.16. The van der Waals surface area contributed by atoms with Gasteiger partial charge < -0.3 is 20.1 Å². The summed E-state index contributed by atoms with van der Waals surface area (Å²) >= 11 is 2.09. The molecule has 0 radical (unpaired) electrons. The van der Waals surface area contributed by atoms with Crippen LogP contribution in [0.3, 0.4) is 0 Å². The van der Waals surface area contributed by atoms with Gasteiger partial charge in [-0.1, -0.05) is 12.1 Å². The van der Waals surface area contributed by atoms with Crippen molar-refractivity contribution in [3.05, 3.63) is 27.8 Å². The highest BCUT2D eigenvalue weighted by atomic mass is 127. The van der Waals surface area contributed by atoms with E-state index in [1.807, 2.05) is 12.1 Å². The lowest BCUT2D eigenvalue weighted by molar-refractivity contribution is -0.147. The van der Waals surface area contributed by atoms with Gasteiger partial charge in [0.05, 0.1) is 12.1 Å². The normalized spacial score (nSPS) is 10.7. The Kier molecular flexibility index (Phi) is 7.96. The zero-order valence-electron chi connectivity index (χ0n) is 13.8. The third-order valence-electron chi connectivity index (χ3n) is 2.51. The highest BCUT2D eigenvalue weighted by molar-refractivity contribution is 14.1. The van der Waals surface area contributed by atoms with E-state index in [0.717, 1.165) is 3.57 Å². The molecule has 0 aliphatic heterocycles. The summed E-state index contributed by atoms with van der Waals surface area (Å²) < 4.78 is 10.8. The minimum Gasteiger partial charge on any atom is -0.456 e. The first-order chi connectivity index (χ1) is 11.2. The Bertz CT molecular complexity index is 598. The minimum absolute atomic E-state index is 0.0462. The summed E-state index contributed by atoms with van der Waals surface area (Å²) in [7, 11) is 0. The number of carbonyl (C=O) groups excluding carboxylic acids is 3. The van der Waals surface area contributed by atoms with E-state index < -0.39 is 23.6 Å². The Balaban J connectivity index is 2.23. The van der Waals surface area contributed by atoms with Crippen molar-refractivity contribution in [3.8, 4) is 0 Å². The quantitative estimate of drug-likeness (QED) is 0.516. The van der Waals surface area contributed by atoms with E-state index in [2.05, 4.69) is 33.2 Å². The molecular weight excluding hydrogens is 427 g/mol. The number of para-hydroxylation sites is 1. The maximum absolute atomic E-state index is 11.7. The van der Waals surface area contributed by atoms with Crippen LogP contribution in [0.5, 0.6) is 0 Å². The van der Waals surface area contributed by atoms with Crippen molar-refractivity contribution in [2.45, 2.75) is 32.8 Å². The number of amides is 2. The number of halogens is 1. The summed E-state index contributed by atoms with van der Waals surface area (Å²) in [4.78, 5) is 34.7. The third-order valence-corrected chi connectivity index (χ3v) is 3.45. The van der Waals surface area contributed by atoms with Crippen molar-refractivity contribution in [2.24, 2.45) is 0 Å². The first-order valence-electron chi connectivity index (χ1n) is 7.34. The lowest BCUT2D eigenvalue weighted by Gasteiger charge is -2.19. The van der Waals surface area contributed by atoms with Gasteiger partial charge in [-0.25, -0.2) is 4.79 Å². The van der Waals surface area contributed by atoms with Crippen molar-refractivity contribution >= 4 is 46.2 Å². The van der Waals surface area contributed by atoms with E-state index in [0.29, 0.717) is 5.69 Å². The average Bonchev–Trinajstić information content (AvgIpc) is 2.45. The summed E-state index contributed by atoms with van der Waals surface area (Å²) in [5, 5.41) is 5.09. The van der Waals surface area contributed by atoms with E-state index in [1.54, 1.807) is 32.9 Å². The zero-order valence-corrected chi connectivity index (χ0v) is 16.0. The number of ether oxygens (including phenoxy) is 2. The predicted octanol–water partition coefficient (Wildman–Crippen LogP) is 2.69. The lowest BCUT2D eigenvalue weighted by Crippen LogP contribution is -2.34. The second kappa shape index (κ2) is 9.45. The smallest absolute Gasteiger partial charge is 0.407 e. The average molecular weight is 448 g/mol. The molecule has 0 bridgehead atoms. The van der Waals surface area contributed by atoms with E-state index >= 15 is 0 Å². The van der Waals surface area contributed by atoms with Crippen LogP contribution in [0.1, 0.15) is 27.2 Å². The molecule has 0 fully saturated rings. The minimum atomic E-state index is -0.605. The number of nitrogens with one attached hydrogen (secondary N) is 2. The molecule has 0 unspecified atom stereocenters. The van der Waals surface area contributed by atoms with Gasteiger partial charge in [-0.2, -0.15) is 0 Å². The molecule has 0 saturated carbocycles. The van der Waals surface area contributed by atoms with Gasteiger partial charge in [0.15, 0.2) is 6.61 Å². The second-order valence-corrected chi connectivity index (χ2v) is 7.03. The molecule has 24 heavy (non-hydrogen) atoms. The van der Waals surface area contributed by atoms with Crippen LogP contribution in [-0.4, -0.2) is 36.7 Å². The molecule has 1 rings (SSSR count). The van der Waals surface area contributed by atoms with E-state index in [9.17, 15) is 14.4 Å². The van der Waals surface area contributed by atoms with Gasteiger partial charge in [0.25, 0.3) is 5.91 Å². The number of carbonyl (C=O) groups is 3.